The fourth-order valence-electron chi connectivity index (χ4n) is 2.27. The van der Waals surface area contributed by atoms with Gasteiger partial charge in [0.05, 0.1) is 5.56 Å². The molecule has 0 fully saturated rings. The van der Waals surface area contributed by atoms with Gasteiger partial charge >= 0.3 is 0 Å². The third kappa shape index (κ3) is 4.81. The van der Waals surface area contributed by atoms with Crippen LogP contribution in [0.5, 0.6) is 0 Å². The Labute approximate surface area is 151 Å². The summed E-state index contributed by atoms with van der Waals surface area (Å²) in [6, 6.07) is 18.8. The minimum Gasteiger partial charge on any atom is -0.366 e. The van der Waals surface area contributed by atoms with Crippen molar-refractivity contribution < 1.29 is 4.79 Å². The highest BCUT2D eigenvalue weighted by atomic mass is 35.5. The SMILES string of the molecule is Cc1ccc(CNc2ccc(C(=O)Nc3ccc(Cl)cc3)cn2)cc1. The molecule has 0 unspecified atom stereocenters. The molecule has 0 atom stereocenters. The van der Waals surface area contributed by atoms with E-state index in [-0.39, 0.29) is 5.91 Å². The van der Waals surface area contributed by atoms with Crippen LogP contribution < -0.4 is 10.6 Å². The second-order valence-corrected chi connectivity index (χ2v) is 6.17. The first kappa shape index (κ1) is 17.0. The molecule has 1 heterocycles. The summed E-state index contributed by atoms with van der Waals surface area (Å²) in [7, 11) is 0. The van der Waals surface area contributed by atoms with Gasteiger partial charge in [-0.3, -0.25) is 4.79 Å². The Hall–Kier alpha value is -2.85. The monoisotopic (exact) mass is 351 g/mol. The number of halogens is 1. The molecule has 126 valence electrons. The summed E-state index contributed by atoms with van der Waals surface area (Å²) in [5, 5.41) is 6.68. The van der Waals surface area contributed by atoms with Crippen molar-refractivity contribution in [2.75, 3.05) is 10.6 Å². The number of benzene rings is 2. The van der Waals surface area contributed by atoms with Crippen LogP contribution in [0.1, 0.15) is 21.5 Å². The predicted molar refractivity (Wildman–Crippen MR) is 102 cm³/mol. The van der Waals surface area contributed by atoms with Crippen molar-refractivity contribution in [3.63, 3.8) is 0 Å². The number of pyridine rings is 1. The lowest BCUT2D eigenvalue weighted by atomic mass is 10.1. The Morgan fingerprint density at radius 2 is 1.72 bits per heavy atom. The van der Waals surface area contributed by atoms with Crippen LogP contribution in [-0.2, 0) is 6.54 Å². The van der Waals surface area contributed by atoms with E-state index in [1.165, 1.54) is 11.1 Å². The molecule has 2 aromatic carbocycles. The third-order valence-electron chi connectivity index (χ3n) is 3.72. The van der Waals surface area contributed by atoms with E-state index >= 15 is 0 Å². The van der Waals surface area contributed by atoms with Gasteiger partial charge in [0.25, 0.3) is 5.91 Å². The number of carbonyl (C=O) groups is 1. The van der Waals surface area contributed by atoms with Crippen LogP contribution in [0.15, 0.2) is 66.9 Å². The fourth-order valence-corrected chi connectivity index (χ4v) is 2.39. The number of anilines is 2. The number of rotatable bonds is 5. The number of nitrogens with one attached hydrogen (secondary N) is 2. The number of nitrogens with zero attached hydrogens (tertiary/aromatic N) is 1. The molecule has 4 nitrogen and oxygen atoms in total. The molecule has 3 aromatic rings. The molecule has 0 spiro atoms. The van der Waals surface area contributed by atoms with Crippen LogP contribution in [0.4, 0.5) is 11.5 Å². The van der Waals surface area contributed by atoms with E-state index < -0.39 is 0 Å². The minimum absolute atomic E-state index is 0.208. The van der Waals surface area contributed by atoms with Crippen LogP contribution in [0.2, 0.25) is 5.02 Å². The third-order valence-corrected chi connectivity index (χ3v) is 3.97. The maximum Gasteiger partial charge on any atom is 0.257 e. The Balaban J connectivity index is 1.58. The summed E-state index contributed by atoms with van der Waals surface area (Å²) in [5.74, 6) is 0.517. The zero-order valence-electron chi connectivity index (χ0n) is 13.8. The average Bonchev–Trinajstić information content (AvgIpc) is 2.63. The number of hydrogen-bond donors (Lipinski definition) is 2. The number of carbonyl (C=O) groups excluding carboxylic acids is 1. The first-order valence-electron chi connectivity index (χ1n) is 7.92. The van der Waals surface area contributed by atoms with Gasteiger partial charge < -0.3 is 10.6 Å². The van der Waals surface area contributed by atoms with Gasteiger partial charge in [0.2, 0.25) is 0 Å². The van der Waals surface area contributed by atoms with Gasteiger partial charge in [-0.05, 0) is 48.9 Å². The van der Waals surface area contributed by atoms with E-state index in [2.05, 4.69) is 46.8 Å². The summed E-state index contributed by atoms with van der Waals surface area (Å²) in [6.45, 7) is 2.75. The second kappa shape index (κ2) is 7.81. The van der Waals surface area contributed by atoms with Gasteiger partial charge in [-0.25, -0.2) is 4.98 Å². The summed E-state index contributed by atoms with van der Waals surface area (Å²) >= 11 is 5.83. The quantitative estimate of drug-likeness (QED) is 0.686. The first-order chi connectivity index (χ1) is 12.1. The largest absolute Gasteiger partial charge is 0.366 e. The van der Waals surface area contributed by atoms with Crippen molar-refractivity contribution >= 4 is 29.0 Å². The lowest BCUT2D eigenvalue weighted by Crippen LogP contribution is -2.12. The molecule has 0 saturated heterocycles. The van der Waals surface area contributed by atoms with Crippen molar-refractivity contribution in [1.82, 2.24) is 4.98 Å². The smallest absolute Gasteiger partial charge is 0.257 e. The topological polar surface area (TPSA) is 54.0 Å². The Bertz CT molecular complexity index is 844. The molecule has 25 heavy (non-hydrogen) atoms. The van der Waals surface area contributed by atoms with E-state index in [1.807, 2.05) is 0 Å². The maximum absolute atomic E-state index is 12.2. The van der Waals surface area contributed by atoms with Gasteiger partial charge in [0, 0.05) is 23.5 Å². The van der Waals surface area contributed by atoms with Crippen molar-refractivity contribution in [3.05, 3.63) is 88.6 Å². The molecule has 3 rings (SSSR count). The molecule has 0 aliphatic carbocycles. The van der Waals surface area contributed by atoms with E-state index in [1.54, 1.807) is 42.6 Å². The van der Waals surface area contributed by atoms with Crippen molar-refractivity contribution in [2.45, 2.75) is 13.5 Å². The fraction of sp³-hybridized carbons (Fsp3) is 0.100. The number of aryl methyl sites for hydroxylation is 1. The van der Waals surface area contributed by atoms with Gasteiger partial charge in [0.1, 0.15) is 5.82 Å². The van der Waals surface area contributed by atoms with Crippen LogP contribution in [0.25, 0.3) is 0 Å². The molecule has 0 aliphatic rings. The van der Waals surface area contributed by atoms with Crippen LogP contribution in [0, 0.1) is 6.92 Å². The molecule has 0 bridgehead atoms. The van der Waals surface area contributed by atoms with E-state index in [0.717, 1.165) is 5.82 Å². The lowest BCUT2D eigenvalue weighted by Gasteiger charge is -2.08. The average molecular weight is 352 g/mol. The highest BCUT2D eigenvalue weighted by molar-refractivity contribution is 6.30. The molecular weight excluding hydrogens is 334 g/mol. The highest BCUT2D eigenvalue weighted by Crippen LogP contribution is 2.15. The van der Waals surface area contributed by atoms with Crippen LogP contribution in [-0.4, -0.2) is 10.9 Å². The Morgan fingerprint density at radius 1 is 1.00 bits per heavy atom. The maximum atomic E-state index is 12.2. The normalized spacial score (nSPS) is 10.3. The lowest BCUT2D eigenvalue weighted by molar-refractivity contribution is 0.102. The van der Waals surface area contributed by atoms with Gasteiger partial charge in [-0.1, -0.05) is 41.4 Å². The highest BCUT2D eigenvalue weighted by Gasteiger charge is 2.07. The molecular formula is C20H18ClN3O. The Kier molecular flexibility index (Phi) is 5.31. The summed E-state index contributed by atoms with van der Waals surface area (Å²) in [4.78, 5) is 16.5. The number of aromatic nitrogens is 1. The second-order valence-electron chi connectivity index (χ2n) is 5.73. The zero-order valence-corrected chi connectivity index (χ0v) is 14.5. The van der Waals surface area contributed by atoms with E-state index in [0.29, 0.717) is 22.8 Å². The standard InChI is InChI=1S/C20H18ClN3O/c1-14-2-4-15(5-3-14)12-22-19-11-6-16(13-23-19)20(25)24-18-9-7-17(21)8-10-18/h2-11,13H,12H2,1H3,(H,22,23)(H,24,25). The number of hydrogen-bond acceptors (Lipinski definition) is 3. The van der Waals surface area contributed by atoms with Gasteiger partial charge in [0.15, 0.2) is 0 Å². The summed E-state index contributed by atoms with van der Waals surface area (Å²) in [6.07, 6.45) is 1.56. The molecule has 5 heteroatoms. The molecule has 1 amide bonds. The van der Waals surface area contributed by atoms with Crippen molar-refractivity contribution in [3.8, 4) is 0 Å². The Morgan fingerprint density at radius 3 is 2.36 bits per heavy atom. The van der Waals surface area contributed by atoms with Gasteiger partial charge in [-0.2, -0.15) is 0 Å². The van der Waals surface area contributed by atoms with Crippen LogP contribution >= 0.6 is 11.6 Å². The zero-order chi connectivity index (χ0) is 17.6. The predicted octanol–water partition coefficient (Wildman–Crippen LogP) is 4.91. The van der Waals surface area contributed by atoms with Crippen molar-refractivity contribution in [1.29, 1.82) is 0 Å². The van der Waals surface area contributed by atoms with Crippen molar-refractivity contribution in [2.24, 2.45) is 0 Å². The molecule has 1 aromatic heterocycles. The molecule has 0 radical (unpaired) electrons. The van der Waals surface area contributed by atoms with Crippen LogP contribution in [0.3, 0.4) is 0 Å². The first-order valence-corrected chi connectivity index (χ1v) is 8.30. The number of amides is 1. The summed E-state index contributed by atoms with van der Waals surface area (Å²) < 4.78 is 0. The van der Waals surface area contributed by atoms with Gasteiger partial charge in [-0.15, -0.1) is 0 Å². The minimum atomic E-state index is -0.208. The molecule has 2 N–H and O–H groups in total. The molecule has 0 saturated carbocycles. The van der Waals surface area contributed by atoms with E-state index in [4.69, 9.17) is 11.6 Å². The molecule has 0 aliphatic heterocycles. The van der Waals surface area contributed by atoms with E-state index in [9.17, 15) is 4.79 Å². The summed E-state index contributed by atoms with van der Waals surface area (Å²) in [5.41, 5.74) is 3.60.